The summed E-state index contributed by atoms with van der Waals surface area (Å²) in [5, 5.41) is 0. The van der Waals surface area contributed by atoms with Crippen LogP contribution in [0.2, 0.25) is 0 Å². The van der Waals surface area contributed by atoms with Gasteiger partial charge >= 0.3 is 0 Å². The summed E-state index contributed by atoms with van der Waals surface area (Å²) in [6.45, 7) is 2.93. The zero-order valence-corrected chi connectivity index (χ0v) is 12.2. The maximum absolute atomic E-state index is 12.8. The van der Waals surface area contributed by atoms with Crippen molar-refractivity contribution in [2.45, 2.75) is 26.2 Å². The van der Waals surface area contributed by atoms with Crippen molar-refractivity contribution in [2.24, 2.45) is 0 Å². The Hall–Kier alpha value is -2.27. The van der Waals surface area contributed by atoms with E-state index in [1.807, 2.05) is 24.3 Å². The van der Waals surface area contributed by atoms with E-state index in [1.165, 1.54) is 25.0 Å². The standard InChI is InChI=1S/C19H19FO/c1-2-3-4-15-21-19-13-9-17(10-14-19)6-5-16-7-11-18(20)12-8-16/h7-14H,2-4,15H2,1H3. The number of hydrogen-bond acceptors (Lipinski definition) is 1. The van der Waals surface area contributed by atoms with Crippen LogP contribution in [0.3, 0.4) is 0 Å². The average Bonchev–Trinajstić information content (AvgIpc) is 2.52. The lowest BCUT2D eigenvalue weighted by molar-refractivity contribution is 0.306. The average molecular weight is 282 g/mol. The molecule has 0 heterocycles. The van der Waals surface area contributed by atoms with E-state index in [0.717, 1.165) is 29.9 Å². The zero-order valence-electron chi connectivity index (χ0n) is 12.2. The van der Waals surface area contributed by atoms with Crippen molar-refractivity contribution in [2.75, 3.05) is 6.61 Å². The second-order valence-corrected chi connectivity index (χ2v) is 4.84. The lowest BCUT2D eigenvalue weighted by Gasteiger charge is -2.05. The SMILES string of the molecule is CCCCCOc1ccc(C#Cc2ccc(F)cc2)cc1. The third kappa shape index (κ3) is 5.31. The second kappa shape index (κ2) is 8.11. The molecule has 0 aliphatic carbocycles. The Balaban J connectivity index is 1.92. The van der Waals surface area contributed by atoms with Gasteiger partial charge in [-0.3, -0.25) is 0 Å². The maximum Gasteiger partial charge on any atom is 0.123 e. The minimum Gasteiger partial charge on any atom is -0.494 e. The number of hydrogen-bond donors (Lipinski definition) is 0. The topological polar surface area (TPSA) is 9.23 Å². The summed E-state index contributed by atoms with van der Waals surface area (Å²) in [7, 11) is 0. The molecule has 0 saturated heterocycles. The molecule has 0 amide bonds. The van der Waals surface area contributed by atoms with E-state index in [1.54, 1.807) is 12.1 Å². The molecule has 0 atom stereocenters. The van der Waals surface area contributed by atoms with E-state index < -0.39 is 0 Å². The van der Waals surface area contributed by atoms with Crippen molar-refractivity contribution >= 4 is 0 Å². The Morgan fingerprint density at radius 3 is 2.00 bits per heavy atom. The number of rotatable bonds is 5. The van der Waals surface area contributed by atoms with Crippen molar-refractivity contribution in [3.8, 4) is 17.6 Å². The van der Waals surface area contributed by atoms with Crippen LogP contribution in [-0.2, 0) is 0 Å². The summed E-state index contributed by atoms with van der Waals surface area (Å²) in [5.41, 5.74) is 1.72. The van der Waals surface area contributed by atoms with Crippen LogP contribution < -0.4 is 4.74 Å². The van der Waals surface area contributed by atoms with Crippen LogP contribution in [0.25, 0.3) is 0 Å². The molecule has 2 aromatic rings. The Labute approximate surface area is 125 Å². The lowest BCUT2D eigenvalue weighted by atomic mass is 10.2. The molecule has 21 heavy (non-hydrogen) atoms. The lowest BCUT2D eigenvalue weighted by Crippen LogP contribution is -1.96. The molecular formula is C19H19FO. The first-order valence-electron chi connectivity index (χ1n) is 7.28. The Morgan fingerprint density at radius 2 is 1.43 bits per heavy atom. The second-order valence-electron chi connectivity index (χ2n) is 4.84. The number of halogens is 1. The van der Waals surface area contributed by atoms with Gasteiger partial charge in [-0.05, 0) is 55.0 Å². The van der Waals surface area contributed by atoms with Gasteiger partial charge in [-0.25, -0.2) is 4.39 Å². The highest BCUT2D eigenvalue weighted by Gasteiger charge is 1.94. The van der Waals surface area contributed by atoms with E-state index in [2.05, 4.69) is 18.8 Å². The smallest absolute Gasteiger partial charge is 0.123 e. The van der Waals surface area contributed by atoms with E-state index >= 15 is 0 Å². The van der Waals surface area contributed by atoms with Gasteiger partial charge in [0.25, 0.3) is 0 Å². The molecule has 2 aromatic carbocycles. The van der Waals surface area contributed by atoms with Crippen molar-refractivity contribution in [1.82, 2.24) is 0 Å². The normalized spacial score (nSPS) is 9.81. The first-order chi connectivity index (χ1) is 10.3. The molecule has 0 aromatic heterocycles. The third-order valence-electron chi connectivity index (χ3n) is 3.07. The highest BCUT2D eigenvalue weighted by Crippen LogP contribution is 2.12. The first kappa shape index (κ1) is 15.1. The van der Waals surface area contributed by atoms with Gasteiger partial charge in [0, 0.05) is 11.1 Å². The van der Waals surface area contributed by atoms with Gasteiger partial charge in [-0.15, -0.1) is 0 Å². The quantitative estimate of drug-likeness (QED) is 0.565. The largest absolute Gasteiger partial charge is 0.494 e. The molecule has 0 radical (unpaired) electrons. The van der Waals surface area contributed by atoms with Crippen LogP contribution in [0, 0.1) is 17.7 Å². The molecule has 2 heteroatoms. The zero-order chi connectivity index (χ0) is 14.9. The van der Waals surface area contributed by atoms with E-state index in [0.29, 0.717) is 0 Å². The molecule has 108 valence electrons. The molecule has 0 bridgehead atoms. The maximum atomic E-state index is 12.8. The van der Waals surface area contributed by atoms with Crippen LogP contribution >= 0.6 is 0 Å². The van der Waals surface area contributed by atoms with Crippen LogP contribution in [0.5, 0.6) is 5.75 Å². The van der Waals surface area contributed by atoms with Gasteiger partial charge in [0.05, 0.1) is 6.61 Å². The van der Waals surface area contributed by atoms with Gasteiger partial charge in [0.15, 0.2) is 0 Å². The Morgan fingerprint density at radius 1 is 0.857 bits per heavy atom. The highest BCUT2D eigenvalue weighted by molar-refractivity contribution is 5.44. The van der Waals surface area contributed by atoms with Crippen molar-refractivity contribution in [1.29, 1.82) is 0 Å². The van der Waals surface area contributed by atoms with E-state index in [-0.39, 0.29) is 5.82 Å². The first-order valence-corrected chi connectivity index (χ1v) is 7.28. The number of benzene rings is 2. The highest BCUT2D eigenvalue weighted by atomic mass is 19.1. The predicted molar refractivity (Wildman–Crippen MR) is 83.8 cm³/mol. The number of unbranched alkanes of at least 4 members (excludes halogenated alkanes) is 2. The van der Waals surface area contributed by atoms with Crippen molar-refractivity contribution < 1.29 is 9.13 Å². The third-order valence-corrected chi connectivity index (χ3v) is 3.07. The predicted octanol–water partition coefficient (Wildman–Crippen LogP) is 4.79. The fourth-order valence-electron chi connectivity index (χ4n) is 1.85. The Kier molecular flexibility index (Phi) is 5.84. The fourth-order valence-corrected chi connectivity index (χ4v) is 1.85. The van der Waals surface area contributed by atoms with Crippen LogP contribution in [0.15, 0.2) is 48.5 Å². The molecule has 1 nitrogen and oxygen atoms in total. The Bertz CT molecular complexity index is 603. The van der Waals surface area contributed by atoms with Gasteiger partial charge in [-0.1, -0.05) is 31.6 Å². The van der Waals surface area contributed by atoms with Crippen LogP contribution in [-0.4, -0.2) is 6.61 Å². The summed E-state index contributed by atoms with van der Waals surface area (Å²) in [6, 6.07) is 13.9. The summed E-state index contributed by atoms with van der Waals surface area (Å²) in [4.78, 5) is 0. The summed E-state index contributed by atoms with van der Waals surface area (Å²) in [6.07, 6.45) is 3.48. The summed E-state index contributed by atoms with van der Waals surface area (Å²) in [5.74, 6) is 6.69. The van der Waals surface area contributed by atoms with E-state index in [9.17, 15) is 4.39 Å². The van der Waals surface area contributed by atoms with Gasteiger partial charge < -0.3 is 4.74 Å². The molecular weight excluding hydrogens is 263 g/mol. The minimum atomic E-state index is -0.245. The molecule has 0 N–H and O–H groups in total. The van der Waals surface area contributed by atoms with Crippen molar-refractivity contribution in [3.05, 3.63) is 65.5 Å². The van der Waals surface area contributed by atoms with Crippen LogP contribution in [0.1, 0.15) is 37.3 Å². The molecule has 2 rings (SSSR count). The minimum absolute atomic E-state index is 0.245. The molecule has 0 spiro atoms. The monoisotopic (exact) mass is 282 g/mol. The summed E-state index contributed by atoms with van der Waals surface area (Å²) >= 11 is 0. The summed E-state index contributed by atoms with van der Waals surface area (Å²) < 4.78 is 18.4. The van der Waals surface area contributed by atoms with Crippen LogP contribution in [0.4, 0.5) is 4.39 Å². The number of ether oxygens (including phenoxy) is 1. The fraction of sp³-hybridized carbons (Fsp3) is 0.263. The molecule has 0 aliphatic heterocycles. The van der Waals surface area contributed by atoms with Gasteiger partial charge in [0.1, 0.15) is 11.6 Å². The van der Waals surface area contributed by atoms with Gasteiger partial charge in [0.2, 0.25) is 0 Å². The van der Waals surface area contributed by atoms with E-state index in [4.69, 9.17) is 4.74 Å². The van der Waals surface area contributed by atoms with Crippen molar-refractivity contribution in [3.63, 3.8) is 0 Å². The van der Waals surface area contributed by atoms with Gasteiger partial charge in [-0.2, -0.15) is 0 Å². The molecule has 0 aliphatic rings. The molecule has 0 saturated carbocycles. The molecule has 0 fully saturated rings. The molecule has 0 unspecified atom stereocenters.